The van der Waals surface area contributed by atoms with E-state index >= 15 is 0 Å². The molecular weight excluding hydrogens is 296 g/mol. The van der Waals surface area contributed by atoms with Crippen LogP contribution in [0.2, 0.25) is 0 Å². The summed E-state index contributed by atoms with van der Waals surface area (Å²) in [6.45, 7) is 6.01. The zero-order valence-electron chi connectivity index (χ0n) is 13.6. The Hall–Kier alpha value is -2.41. The molecule has 0 bridgehead atoms. The van der Waals surface area contributed by atoms with Crippen LogP contribution in [0.3, 0.4) is 0 Å². The number of aromatic nitrogens is 2. The molecule has 1 aromatic carbocycles. The largest absolute Gasteiger partial charge is 0.485 e. The number of hydrogen-bond acceptors (Lipinski definition) is 6. The van der Waals surface area contributed by atoms with Gasteiger partial charge in [-0.3, -0.25) is 4.79 Å². The average Bonchev–Trinajstić information content (AvgIpc) is 2.91. The van der Waals surface area contributed by atoms with Gasteiger partial charge in [-0.2, -0.15) is 4.98 Å². The van der Waals surface area contributed by atoms with E-state index < -0.39 is 6.04 Å². The monoisotopic (exact) mass is 318 g/mol. The number of benzene rings is 1. The van der Waals surface area contributed by atoms with Crippen LogP contribution in [0.25, 0.3) is 0 Å². The summed E-state index contributed by atoms with van der Waals surface area (Å²) >= 11 is 0. The number of carbonyl (C=O) groups excluding carboxylic acids is 1. The van der Waals surface area contributed by atoms with Gasteiger partial charge in [-0.05, 0) is 36.6 Å². The van der Waals surface area contributed by atoms with Gasteiger partial charge in [0.2, 0.25) is 17.6 Å². The van der Waals surface area contributed by atoms with E-state index in [4.69, 9.17) is 15.0 Å². The SMILES string of the molecule is Cc1nc(COc2ccc(NC(=O)[C@@H](N)CC(C)C)cc2)no1. The van der Waals surface area contributed by atoms with Crippen molar-refractivity contribution >= 4 is 11.6 Å². The van der Waals surface area contributed by atoms with Gasteiger partial charge in [0.05, 0.1) is 6.04 Å². The summed E-state index contributed by atoms with van der Waals surface area (Å²) in [5.41, 5.74) is 6.53. The lowest BCUT2D eigenvalue weighted by atomic mass is 10.0. The second-order valence-electron chi connectivity index (χ2n) is 5.77. The molecule has 2 rings (SSSR count). The molecule has 1 aromatic heterocycles. The van der Waals surface area contributed by atoms with E-state index in [1.807, 2.05) is 13.8 Å². The van der Waals surface area contributed by atoms with E-state index in [-0.39, 0.29) is 12.5 Å². The lowest BCUT2D eigenvalue weighted by Crippen LogP contribution is -2.36. The Morgan fingerprint density at radius 3 is 2.61 bits per heavy atom. The molecule has 0 unspecified atom stereocenters. The van der Waals surface area contributed by atoms with Crippen molar-refractivity contribution in [1.82, 2.24) is 10.1 Å². The number of rotatable bonds is 7. The predicted molar refractivity (Wildman–Crippen MR) is 85.9 cm³/mol. The van der Waals surface area contributed by atoms with Crippen LogP contribution < -0.4 is 15.8 Å². The lowest BCUT2D eigenvalue weighted by Gasteiger charge is -2.14. The molecule has 7 heteroatoms. The Morgan fingerprint density at radius 1 is 1.35 bits per heavy atom. The topological polar surface area (TPSA) is 103 Å². The maximum Gasteiger partial charge on any atom is 0.241 e. The summed E-state index contributed by atoms with van der Waals surface area (Å²) in [4.78, 5) is 16.0. The van der Waals surface area contributed by atoms with Crippen molar-refractivity contribution < 1.29 is 14.1 Å². The number of anilines is 1. The third kappa shape index (κ3) is 5.37. The third-order valence-electron chi connectivity index (χ3n) is 3.12. The molecule has 1 atom stereocenters. The van der Waals surface area contributed by atoms with Crippen molar-refractivity contribution in [2.75, 3.05) is 5.32 Å². The first kappa shape index (κ1) is 17.0. The van der Waals surface area contributed by atoms with Gasteiger partial charge in [-0.15, -0.1) is 0 Å². The number of nitrogens with two attached hydrogens (primary N) is 1. The van der Waals surface area contributed by atoms with Gasteiger partial charge in [-0.1, -0.05) is 19.0 Å². The van der Waals surface area contributed by atoms with Crippen LogP contribution in [0.15, 0.2) is 28.8 Å². The summed E-state index contributed by atoms with van der Waals surface area (Å²) in [6, 6.07) is 6.54. The summed E-state index contributed by atoms with van der Waals surface area (Å²) in [6.07, 6.45) is 0.650. The Bertz CT molecular complexity index is 637. The van der Waals surface area contributed by atoms with Gasteiger partial charge in [0.25, 0.3) is 0 Å². The fraction of sp³-hybridized carbons (Fsp3) is 0.438. The number of nitrogens with one attached hydrogen (secondary N) is 1. The highest BCUT2D eigenvalue weighted by molar-refractivity contribution is 5.94. The normalized spacial score (nSPS) is 12.2. The number of amides is 1. The molecule has 0 saturated heterocycles. The second-order valence-corrected chi connectivity index (χ2v) is 5.77. The fourth-order valence-electron chi connectivity index (χ4n) is 2.03. The number of carbonyl (C=O) groups is 1. The molecule has 3 N–H and O–H groups in total. The van der Waals surface area contributed by atoms with E-state index in [2.05, 4.69) is 15.5 Å². The third-order valence-corrected chi connectivity index (χ3v) is 3.12. The average molecular weight is 318 g/mol. The molecule has 0 spiro atoms. The van der Waals surface area contributed by atoms with Crippen LogP contribution in [-0.2, 0) is 11.4 Å². The first-order chi connectivity index (χ1) is 10.9. The highest BCUT2D eigenvalue weighted by Crippen LogP contribution is 2.17. The van der Waals surface area contributed by atoms with Crippen LogP contribution >= 0.6 is 0 Å². The van der Waals surface area contributed by atoms with Crippen molar-refractivity contribution in [3.63, 3.8) is 0 Å². The molecule has 2 aromatic rings. The maximum atomic E-state index is 12.0. The van der Waals surface area contributed by atoms with Crippen LogP contribution in [0, 0.1) is 12.8 Å². The molecule has 0 saturated carbocycles. The number of hydrogen-bond donors (Lipinski definition) is 2. The first-order valence-electron chi connectivity index (χ1n) is 7.52. The van der Waals surface area contributed by atoms with Crippen molar-refractivity contribution in [2.24, 2.45) is 11.7 Å². The van der Waals surface area contributed by atoms with E-state index in [9.17, 15) is 4.79 Å². The molecular formula is C16H22N4O3. The molecule has 124 valence electrons. The molecule has 1 amide bonds. The molecule has 7 nitrogen and oxygen atoms in total. The summed E-state index contributed by atoms with van der Waals surface area (Å²) in [7, 11) is 0. The van der Waals surface area contributed by atoms with E-state index in [0.717, 1.165) is 0 Å². The van der Waals surface area contributed by atoms with Crippen molar-refractivity contribution in [3.05, 3.63) is 36.0 Å². The van der Waals surface area contributed by atoms with Gasteiger partial charge >= 0.3 is 0 Å². The Labute approximate surface area is 135 Å². The fourth-order valence-corrected chi connectivity index (χ4v) is 2.03. The molecule has 0 aliphatic heterocycles. The summed E-state index contributed by atoms with van der Waals surface area (Å²) in [5, 5.41) is 6.54. The smallest absolute Gasteiger partial charge is 0.241 e. The van der Waals surface area contributed by atoms with E-state index in [1.165, 1.54) is 0 Å². The standard InChI is InChI=1S/C16H22N4O3/c1-10(2)8-14(17)16(21)19-12-4-6-13(7-5-12)22-9-15-18-11(3)23-20-15/h4-7,10,14H,8-9,17H2,1-3H3,(H,19,21)/t14-/m0/s1. The van der Waals surface area contributed by atoms with Crippen molar-refractivity contribution in [2.45, 2.75) is 39.8 Å². The second kappa shape index (κ2) is 7.73. The minimum absolute atomic E-state index is 0.186. The van der Waals surface area contributed by atoms with Gasteiger partial charge < -0.3 is 20.3 Å². The van der Waals surface area contributed by atoms with Gasteiger partial charge in [0, 0.05) is 12.6 Å². The molecule has 0 radical (unpaired) electrons. The van der Waals surface area contributed by atoms with E-state index in [1.54, 1.807) is 31.2 Å². The molecule has 0 fully saturated rings. The number of nitrogens with zero attached hydrogens (tertiary/aromatic N) is 2. The van der Waals surface area contributed by atoms with Crippen molar-refractivity contribution in [3.8, 4) is 5.75 Å². The Balaban J connectivity index is 1.85. The quantitative estimate of drug-likeness (QED) is 0.811. The molecule has 1 heterocycles. The van der Waals surface area contributed by atoms with Gasteiger partial charge in [-0.25, -0.2) is 0 Å². The summed E-state index contributed by atoms with van der Waals surface area (Å²) in [5.74, 6) is 1.82. The highest BCUT2D eigenvalue weighted by Gasteiger charge is 2.15. The summed E-state index contributed by atoms with van der Waals surface area (Å²) < 4.78 is 10.4. The molecule has 23 heavy (non-hydrogen) atoms. The van der Waals surface area contributed by atoms with Crippen LogP contribution in [0.4, 0.5) is 5.69 Å². The molecule has 0 aliphatic rings. The van der Waals surface area contributed by atoms with Gasteiger partial charge in [0.1, 0.15) is 5.75 Å². The Kier molecular flexibility index (Phi) is 5.70. The lowest BCUT2D eigenvalue weighted by molar-refractivity contribution is -0.117. The minimum Gasteiger partial charge on any atom is -0.485 e. The number of aryl methyl sites for hydroxylation is 1. The van der Waals surface area contributed by atoms with E-state index in [0.29, 0.717) is 35.5 Å². The van der Waals surface area contributed by atoms with Crippen LogP contribution in [0.5, 0.6) is 5.75 Å². The predicted octanol–water partition coefficient (Wildman–Crippen LogP) is 2.27. The zero-order chi connectivity index (χ0) is 16.8. The van der Waals surface area contributed by atoms with Gasteiger partial charge in [0.15, 0.2) is 6.61 Å². The van der Waals surface area contributed by atoms with Crippen LogP contribution in [0.1, 0.15) is 32.0 Å². The minimum atomic E-state index is -0.507. The maximum absolute atomic E-state index is 12.0. The first-order valence-corrected chi connectivity index (χ1v) is 7.52. The Morgan fingerprint density at radius 2 is 2.04 bits per heavy atom. The molecule has 0 aliphatic carbocycles. The zero-order valence-corrected chi connectivity index (χ0v) is 13.6. The van der Waals surface area contributed by atoms with Crippen LogP contribution in [-0.4, -0.2) is 22.1 Å². The highest BCUT2D eigenvalue weighted by atomic mass is 16.5. The number of ether oxygens (including phenoxy) is 1. The van der Waals surface area contributed by atoms with Crippen molar-refractivity contribution in [1.29, 1.82) is 0 Å².